The molecule has 0 saturated carbocycles. The van der Waals surface area contributed by atoms with Crippen molar-refractivity contribution in [1.29, 1.82) is 0 Å². The Bertz CT molecular complexity index is 594. The zero-order valence-electron chi connectivity index (χ0n) is 14.3. The van der Waals surface area contributed by atoms with Crippen LogP contribution < -0.4 is 4.74 Å². The van der Waals surface area contributed by atoms with Crippen LogP contribution in [0.5, 0.6) is 5.75 Å². The first-order valence-corrected chi connectivity index (χ1v) is 8.97. The fourth-order valence-electron chi connectivity index (χ4n) is 3.69. The molecule has 24 heavy (non-hydrogen) atoms. The number of carbonyl (C=O) groups excluding carboxylic acids is 1. The maximum atomic E-state index is 12.9. The highest BCUT2D eigenvalue weighted by Crippen LogP contribution is 2.25. The average Bonchev–Trinajstić information content (AvgIpc) is 2.60. The van der Waals surface area contributed by atoms with E-state index in [1.807, 2.05) is 4.90 Å². The SMILES string of the molecule is CCC[C@H]1COC[C@H]2CN(C(=O)c3cc(Cl)cc(OC)c3)CCN12. The third-order valence-corrected chi connectivity index (χ3v) is 5.10. The fraction of sp³-hybridized carbons (Fsp3) is 0.611. The van der Waals surface area contributed by atoms with Gasteiger partial charge in [-0.15, -0.1) is 0 Å². The average molecular weight is 353 g/mol. The Balaban J connectivity index is 1.71. The van der Waals surface area contributed by atoms with Crippen LogP contribution in [0, 0.1) is 0 Å². The molecular weight excluding hydrogens is 328 g/mol. The molecule has 2 saturated heterocycles. The van der Waals surface area contributed by atoms with Crippen LogP contribution in [0.4, 0.5) is 0 Å². The molecule has 0 spiro atoms. The monoisotopic (exact) mass is 352 g/mol. The molecule has 0 aliphatic carbocycles. The molecule has 2 aliphatic rings. The van der Waals surface area contributed by atoms with Crippen LogP contribution in [0.1, 0.15) is 30.1 Å². The van der Waals surface area contributed by atoms with Crippen LogP contribution in [0.2, 0.25) is 5.02 Å². The third-order valence-electron chi connectivity index (χ3n) is 4.88. The minimum absolute atomic E-state index is 0.00747. The van der Waals surface area contributed by atoms with Crippen molar-refractivity contribution in [2.75, 3.05) is 40.0 Å². The quantitative estimate of drug-likeness (QED) is 0.835. The van der Waals surface area contributed by atoms with Crippen molar-refractivity contribution < 1.29 is 14.3 Å². The number of hydrogen-bond acceptors (Lipinski definition) is 4. The van der Waals surface area contributed by atoms with Gasteiger partial charge in [-0.1, -0.05) is 24.9 Å². The summed E-state index contributed by atoms with van der Waals surface area (Å²) in [5.41, 5.74) is 0.578. The van der Waals surface area contributed by atoms with Crippen LogP contribution in [0.15, 0.2) is 18.2 Å². The minimum Gasteiger partial charge on any atom is -0.497 e. The first-order valence-electron chi connectivity index (χ1n) is 8.59. The van der Waals surface area contributed by atoms with Crippen LogP contribution >= 0.6 is 11.6 Å². The summed E-state index contributed by atoms with van der Waals surface area (Å²) in [5, 5.41) is 0.514. The first kappa shape index (κ1) is 17.5. The third kappa shape index (κ3) is 3.68. The molecule has 0 N–H and O–H groups in total. The summed E-state index contributed by atoms with van der Waals surface area (Å²) in [6.45, 7) is 6.06. The van der Waals surface area contributed by atoms with Gasteiger partial charge in [-0.25, -0.2) is 0 Å². The predicted octanol–water partition coefficient (Wildman–Crippen LogP) is 2.67. The van der Waals surface area contributed by atoms with Crippen LogP contribution in [-0.4, -0.2) is 67.7 Å². The number of nitrogens with zero attached hydrogens (tertiary/aromatic N) is 2. The Morgan fingerprint density at radius 2 is 2.17 bits per heavy atom. The van der Waals surface area contributed by atoms with E-state index in [9.17, 15) is 4.79 Å². The number of piperazine rings is 1. The van der Waals surface area contributed by atoms with Gasteiger partial charge in [0.05, 0.1) is 26.4 Å². The molecule has 0 bridgehead atoms. The van der Waals surface area contributed by atoms with Crippen molar-refractivity contribution in [2.45, 2.75) is 31.8 Å². The fourth-order valence-corrected chi connectivity index (χ4v) is 3.91. The Hall–Kier alpha value is -1.30. The van der Waals surface area contributed by atoms with Crippen LogP contribution in [-0.2, 0) is 4.74 Å². The van der Waals surface area contributed by atoms with Gasteiger partial charge < -0.3 is 14.4 Å². The van der Waals surface area contributed by atoms with Gasteiger partial charge in [-0.3, -0.25) is 9.69 Å². The molecule has 1 aromatic rings. The molecule has 132 valence electrons. The summed E-state index contributed by atoms with van der Waals surface area (Å²) in [6.07, 6.45) is 2.30. The first-order chi connectivity index (χ1) is 11.6. The number of fused-ring (bicyclic) bond motifs is 1. The van der Waals surface area contributed by atoms with E-state index in [1.54, 1.807) is 25.3 Å². The number of amides is 1. The highest BCUT2D eigenvalue weighted by Gasteiger charge is 2.36. The maximum absolute atomic E-state index is 12.9. The highest BCUT2D eigenvalue weighted by molar-refractivity contribution is 6.31. The van der Waals surface area contributed by atoms with Crippen LogP contribution in [0.25, 0.3) is 0 Å². The molecule has 2 heterocycles. The molecule has 0 unspecified atom stereocenters. The summed E-state index contributed by atoms with van der Waals surface area (Å²) in [6, 6.07) is 5.93. The summed E-state index contributed by atoms with van der Waals surface area (Å²) >= 11 is 6.10. The maximum Gasteiger partial charge on any atom is 0.254 e. The molecule has 1 amide bonds. The second-order valence-corrected chi connectivity index (χ2v) is 6.94. The second kappa shape index (κ2) is 7.72. The predicted molar refractivity (Wildman–Crippen MR) is 93.9 cm³/mol. The van der Waals surface area contributed by atoms with E-state index in [4.69, 9.17) is 21.1 Å². The van der Waals surface area contributed by atoms with E-state index in [2.05, 4.69) is 11.8 Å². The summed E-state index contributed by atoms with van der Waals surface area (Å²) < 4.78 is 11.0. The molecule has 2 fully saturated rings. The smallest absolute Gasteiger partial charge is 0.254 e. The number of ether oxygens (including phenoxy) is 2. The second-order valence-electron chi connectivity index (χ2n) is 6.50. The zero-order chi connectivity index (χ0) is 17.1. The van der Waals surface area contributed by atoms with E-state index < -0.39 is 0 Å². The number of benzene rings is 1. The largest absolute Gasteiger partial charge is 0.497 e. The topological polar surface area (TPSA) is 42.0 Å². The molecule has 6 heteroatoms. The normalized spacial score (nSPS) is 24.5. The van der Waals surface area contributed by atoms with Crippen molar-refractivity contribution in [2.24, 2.45) is 0 Å². The van der Waals surface area contributed by atoms with E-state index in [0.717, 1.165) is 32.5 Å². The molecule has 2 atom stereocenters. The van der Waals surface area contributed by atoms with Gasteiger partial charge in [-0.05, 0) is 24.6 Å². The highest BCUT2D eigenvalue weighted by atomic mass is 35.5. The molecule has 5 nitrogen and oxygen atoms in total. The van der Waals surface area contributed by atoms with Gasteiger partial charge >= 0.3 is 0 Å². The Kier molecular flexibility index (Phi) is 5.64. The number of carbonyl (C=O) groups is 1. The van der Waals surface area contributed by atoms with Crippen molar-refractivity contribution in [1.82, 2.24) is 9.80 Å². The lowest BCUT2D eigenvalue weighted by Gasteiger charge is -2.48. The van der Waals surface area contributed by atoms with E-state index in [0.29, 0.717) is 35.5 Å². The number of rotatable bonds is 4. The Morgan fingerprint density at radius 3 is 2.92 bits per heavy atom. The van der Waals surface area contributed by atoms with E-state index >= 15 is 0 Å². The summed E-state index contributed by atoms with van der Waals surface area (Å²) in [7, 11) is 1.58. The van der Waals surface area contributed by atoms with Gasteiger partial charge in [0.25, 0.3) is 5.91 Å². The number of hydrogen-bond donors (Lipinski definition) is 0. The number of methoxy groups -OCH3 is 1. The molecule has 3 rings (SSSR count). The lowest BCUT2D eigenvalue weighted by atomic mass is 10.0. The molecular formula is C18H25ClN2O3. The molecule has 0 radical (unpaired) electrons. The number of halogens is 1. The lowest BCUT2D eigenvalue weighted by Crippen LogP contribution is -2.62. The van der Waals surface area contributed by atoms with Crippen LogP contribution in [0.3, 0.4) is 0 Å². The summed E-state index contributed by atoms with van der Waals surface area (Å²) in [5.74, 6) is 0.613. The summed E-state index contributed by atoms with van der Waals surface area (Å²) in [4.78, 5) is 17.3. The van der Waals surface area contributed by atoms with E-state index in [-0.39, 0.29) is 11.9 Å². The van der Waals surface area contributed by atoms with Crippen molar-refractivity contribution in [3.8, 4) is 5.75 Å². The minimum atomic E-state index is 0.00747. The van der Waals surface area contributed by atoms with Gasteiger partial charge in [-0.2, -0.15) is 0 Å². The Labute approximate surface area is 148 Å². The number of morpholine rings is 1. The van der Waals surface area contributed by atoms with Crippen molar-refractivity contribution >= 4 is 17.5 Å². The lowest BCUT2D eigenvalue weighted by molar-refractivity contribution is -0.0776. The molecule has 0 aromatic heterocycles. The molecule has 2 aliphatic heterocycles. The van der Waals surface area contributed by atoms with Gasteiger partial charge in [0.15, 0.2) is 0 Å². The zero-order valence-corrected chi connectivity index (χ0v) is 15.1. The van der Waals surface area contributed by atoms with Crippen molar-refractivity contribution in [3.05, 3.63) is 28.8 Å². The van der Waals surface area contributed by atoms with Crippen molar-refractivity contribution in [3.63, 3.8) is 0 Å². The van der Waals surface area contributed by atoms with E-state index in [1.165, 1.54) is 0 Å². The Morgan fingerprint density at radius 1 is 1.33 bits per heavy atom. The van der Waals surface area contributed by atoms with Gasteiger partial charge in [0.2, 0.25) is 0 Å². The van der Waals surface area contributed by atoms with Gasteiger partial charge in [0.1, 0.15) is 5.75 Å². The van der Waals surface area contributed by atoms with Gasteiger partial charge in [0, 0.05) is 36.3 Å². The molecule has 1 aromatic carbocycles. The standard InChI is InChI=1S/C18H25ClN2O3/c1-3-4-15-11-24-12-16-10-20(5-6-21(15)16)18(22)13-7-14(19)9-17(8-13)23-2/h7-9,15-16H,3-6,10-12H2,1-2H3/t15-,16+/m0/s1.